The average molecular weight is 389 g/mol. The summed E-state index contributed by atoms with van der Waals surface area (Å²) in [6.45, 7) is 6.55. The maximum absolute atomic E-state index is 5.55. The van der Waals surface area contributed by atoms with E-state index < -0.39 is 0 Å². The molecule has 2 aromatic rings. The van der Waals surface area contributed by atoms with Crippen LogP contribution >= 0.6 is 0 Å². The molecule has 0 unspecified atom stereocenters. The first-order valence-corrected chi connectivity index (χ1v) is 9.75. The standard InChI is InChI=1S/C22H30N2O4/c1-25-19-6-5-18(22(14-19)28-4)16-24-9-7-23(8-10-24)15-17-11-20(26-2)13-21(12-17)27-3/h5-6,11-14H,7-10,15-16H2,1-4H3/p+2. The summed E-state index contributed by atoms with van der Waals surface area (Å²) in [7, 11) is 6.79. The van der Waals surface area contributed by atoms with Gasteiger partial charge in [-0.1, -0.05) is 0 Å². The molecule has 0 amide bonds. The Kier molecular flexibility index (Phi) is 7.01. The molecule has 0 radical (unpaired) electrons. The highest BCUT2D eigenvalue weighted by atomic mass is 16.5. The van der Waals surface area contributed by atoms with Gasteiger partial charge in [-0.2, -0.15) is 0 Å². The molecule has 2 aromatic carbocycles. The Morgan fingerprint density at radius 3 is 1.75 bits per heavy atom. The lowest BCUT2D eigenvalue weighted by Crippen LogP contribution is -3.27. The second-order valence-corrected chi connectivity index (χ2v) is 7.25. The van der Waals surface area contributed by atoms with Gasteiger partial charge in [-0.25, -0.2) is 0 Å². The first-order valence-electron chi connectivity index (χ1n) is 9.75. The number of piperazine rings is 1. The van der Waals surface area contributed by atoms with Crippen LogP contribution in [0.2, 0.25) is 0 Å². The summed E-state index contributed by atoms with van der Waals surface area (Å²) in [4.78, 5) is 3.19. The van der Waals surface area contributed by atoms with E-state index in [2.05, 4.69) is 18.2 Å². The zero-order chi connectivity index (χ0) is 19.9. The topological polar surface area (TPSA) is 45.8 Å². The SMILES string of the molecule is COc1cc(C[NH+]2CC[NH+](Cc3ccc(OC)cc3OC)CC2)cc(OC)c1. The van der Waals surface area contributed by atoms with Crippen molar-refractivity contribution in [1.82, 2.24) is 0 Å². The minimum absolute atomic E-state index is 0.832. The molecule has 28 heavy (non-hydrogen) atoms. The fraction of sp³-hybridized carbons (Fsp3) is 0.455. The van der Waals surface area contributed by atoms with Crippen molar-refractivity contribution in [3.05, 3.63) is 47.5 Å². The molecule has 0 bridgehead atoms. The Hall–Kier alpha value is -2.44. The normalized spacial score (nSPS) is 19.1. The van der Waals surface area contributed by atoms with Crippen LogP contribution in [0.4, 0.5) is 0 Å². The predicted molar refractivity (Wildman–Crippen MR) is 108 cm³/mol. The Balaban J connectivity index is 1.56. The molecule has 1 fully saturated rings. The molecule has 0 atom stereocenters. The highest BCUT2D eigenvalue weighted by Gasteiger charge is 2.24. The van der Waals surface area contributed by atoms with Crippen molar-refractivity contribution in [2.24, 2.45) is 0 Å². The van der Waals surface area contributed by atoms with Gasteiger partial charge >= 0.3 is 0 Å². The number of methoxy groups -OCH3 is 4. The number of rotatable bonds is 8. The van der Waals surface area contributed by atoms with E-state index in [1.54, 1.807) is 38.2 Å². The zero-order valence-corrected chi connectivity index (χ0v) is 17.3. The second-order valence-electron chi connectivity index (χ2n) is 7.25. The monoisotopic (exact) mass is 388 g/mol. The maximum Gasteiger partial charge on any atom is 0.131 e. The molecular formula is C22H32N2O4+2. The van der Waals surface area contributed by atoms with Crippen molar-refractivity contribution in [2.75, 3.05) is 54.6 Å². The number of hydrogen-bond acceptors (Lipinski definition) is 4. The third kappa shape index (κ3) is 5.09. The van der Waals surface area contributed by atoms with E-state index >= 15 is 0 Å². The maximum atomic E-state index is 5.55. The van der Waals surface area contributed by atoms with Crippen LogP contribution < -0.4 is 28.7 Å². The lowest BCUT2D eigenvalue weighted by atomic mass is 10.1. The van der Waals surface area contributed by atoms with Gasteiger partial charge in [-0.05, 0) is 24.3 Å². The minimum atomic E-state index is 0.832. The van der Waals surface area contributed by atoms with Gasteiger partial charge in [0, 0.05) is 23.3 Å². The fourth-order valence-corrected chi connectivity index (χ4v) is 3.84. The molecule has 6 heteroatoms. The van der Waals surface area contributed by atoms with E-state index in [-0.39, 0.29) is 0 Å². The number of ether oxygens (including phenoxy) is 4. The lowest BCUT2D eigenvalue weighted by molar-refractivity contribution is -1.02. The number of quaternary nitrogens is 2. The summed E-state index contributed by atoms with van der Waals surface area (Å²) in [6, 6.07) is 12.2. The van der Waals surface area contributed by atoms with Gasteiger partial charge in [0.1, 0.15) is 62.3 Å². The molecule has 2 N–H and O–H groups in total. The molecule has 6 nitrogen and oxygen atoms in total. The highest BCUT2D eigenvalue weighted by molar-refractivity contribution is 5.40. The molecule has 0 saturated carbocycles. The Bertz CT molecular complexity index is 751. The van der Waals surface area contributed by atoms with Gasteiger partial charge in [0.15, 0.2) is 0 Å². The molecule has 0 aromatic heterocycles. The van der Waals surface area contributed by atoms with Crippen molar-refractivity contribution in [3.8, 4) is 23.0 Å². The summed E-state index contributed by atoms with van der Waals surface area (Å²) in [5.74, 6) is 3.44. The van der Waals surface area contributed by atoms with Crippen LogP contribution in [0.5, 0.6) is 23.0 Å². The van der Waals surface area contributed by atoms with Crippen LogP contribution in [-0.2, 0) is 13.1 Å². The summed E-state index contributed by atoms with van der Waals surface area (Å²) in [5.41, 5.74) is 2.49. The van der Waals surface area contributed by atoms with Gasteiger partial charge in [0.2, 0.25) is 0 Å². The largest absolute Gasteiger partial charge is 0.497 e. The van der Waals surface area contributed by atoms with E-state index in [9.17, 15) is 0 Å². The summed E-state index contributed by atoms with van der Waals surface area (Å²) in [6.07, 6.45) is 0. The predicted octanol–water partition coefficient (Wildman–Crippen LogP) is 0.205. The Morgan fingerprint density at radius 1 is 0.643 bits per heavy atom. The number of hydrogen-bond donors (Lipinski definition) is 2. The molecule has 0 aliphatic carbocycles. The number of benzene rings is 2. The van der Waals surface area contributed by atoms with Crippen molar-refractivity contribution in [1.29, 1.82) is 0 Å². The van der Waals surface area contributed by atoms with Crippen molar-refractivity contribution < 1.29 is 28.7 Å². The number of nitrogens with one attached hydrogen (secondary N) is 2. The van der Waals surface area contributed by atoms with E-state index in [4.69, 9.17) is 18.9 Å². The van der Waals surface area contributed by atoms with Crippen molar-refractivity contribution in [2.45, 2.75) is 13.1 Å². The molecular weight excluding hydrogens is 356 g/mol. The summed E-state index contributed by atoms with van der Waals surface area (Å²) < 4.78 is 21.6. The van der Waals surface area contributed by atoms with Crippen LogP contribution in [0, 0.1) is 0 Å². The van der Waals surface area contributed by atoms with Gasteiger partial charge in [0.25, 0.3) is 0 Å². The van der Waals surface area contributed by atoms with Gasteiger partial charge < -0.3 is 28.7 Å². The second kappa shape index (κ2) is 9.66. The average Bonchev–Trinajstić information content (AvgIpc) is 2.75. The first-order chi connectivity index (χ1) is 13.6. The van der Waals surface area contributed by atoms with E-state index in [1.807, 2.05) is 18.2 Å². The third-order valence-electron chi connectivity index (χ3n) is 5.46. The van der Waals surface area contributed by atoms with Crippen LogP contribution in [0.15, 0.2) is 36.4 Å². The summed E-state index contributed by atoms with van der Waals surface area (Å²) in [5, 5.41) is 0. The third-order valence-corrected chi connectivity index (χ3v) is 5.46. The minimum Gasteiger partial charge on any atom is -0.497 e. The van der Waals surface area contributed by atoms with Crippen molar-refractivity contribution in [3.63, 3.8) is 0 Å². The molecule has 1 aliphatic rings. The van der Waals surface area contributed by atoms with Crippen LogP contribution in [0.3, 0.4) is 0 Å². The van der Waals surface area contributed by atoms with E-state index in [1.165, 1.54) is 11.1 Å². The summed E-state index contributed by atoms with van der Waals surface area (Å²) >= 11 is 0. The van der Waals surface area contributed by atoms with Gasteiger partial charge in [0.05, 0.1) is 28.4 Å². The van der Waals surface area contributed by atoms with E-state index in [0.29, 0.717) is 0 Å². The highest BCUT2D eigenvalue weighted by Crippen LogP contribution is 2.24. The van der Waals surface area contributed by atoms with Crippen LogP contribution in [0.1, 0.15) is 11.1 Å². The zero-order valence-electron chi connectivity index (χ0n) is 17.3. The van der Waals surface area contributed by atoms with Crippen LogP contribution in [-0.4, -0.2) is 54.6 Å². The van der Waals surface area contributed by atoms with Crippen LogP contribution in [0.25, 0.3) is 0 Å². The smallest absolute Gasteiger partial charge is 0.131 e. The molecule has 1 saturated heterocycles. The molecule has 3 rings (SSSR count). The van der Waals surface area contributed by atoms with Crippen molar-refractivity contribution >= 4 is 0 Å². The quantitative estimate of drug-likeness (QED) is 0.679. The first kappa shape index (κ1) is 20.3. The molecule has 1 heterocycles. The van der Waals surface area contributed by atoms with Gasteiger partial charge in [-0.3, -0.25) is 0 Å². The fourth-order valence-electron chi connectivity index (χ4n) is 3.84. The van der Waals surface area contributed by atoms with E-state index in [0.717, 1.165) is 62.3 Å². The Morgan fingerprint density at radius 2 is 1.21 bits per heavy atom. The molecule has 1 aliphatic heterocycles. The lowest BCUT2D eigenvalue weighted by Gasteiger charge is -2.30. The molecule has 152 valence electrons. The Labute approximate surface area is 167 Å². The van der Waals surface area contributed by atoms with Gasteiger partial charge in [-0.15, -0.1) is 0 Å². The molecule has 0 spiro atoms.